The molecule has 31 heavy (non-hydrogen) atoms. The first-order valence-electron chi connectivity index (χ1n) is 10.2. The summed E-state index contributed by atoms with van der Waals surface area (Å²) in [4.78, 5) is 27.4. The number of likely N-dealkylation sites (tertiary alicyclic amines) is 1. The Morgan fingerprint density at radius 2 is 1.94 bits per heavy atom. The summed E-state index contributed by atoms with van der Waals surface area (Å²) >= 11 is 30.7. The van der Waals surface area contributed by atoms with Crippen molar-refractivity contribution >= 4 is 63.9 Å². The number of hydrogen-bond acceptors (Lipinski definition) is 3. The average Bonchev–Trinajstić information content (AvgIpc) is 3.18. The first kappa shape index (κ1) is 23.7. The van der Waals surface area contributed by atoms with Crippen LogP contribution in [-0.4, -0.2) is 38.4 Å². The van der Waals surface area contributed by atoms with Crippen LogP contribution < -0.4 is 10.9 Å². The highest BCUT2D eigenvalue weighted by Gasteiger charge is 2.61. The number of allylic oxidation sites excluding steroid dienone is 1. The maximum atomic E-state index is 13.1. The van der Waals surface area contributed by atoms with Gasteiger partial charge in [-0.25, -0.2) is 0 Å². The molecule has 0 unspecified atom stereocenters. The SMILES string of the molecule is CC1(C)[C@H](C=C(Cl)Cl)[C@@H]1C(=O)N[C@@H](N1C[C@@H]2C[C@H](C1)c1cccc(=O)n1C2)C(Cl)(Cl)Cl. The van der Waals surface area contributed by atoms with Gasteiger partial charge in [0.15, 0.2) is 0 Å². The number of piperidine rings is 1. The predicted octanol–water partition coefficient (Wildman–Crippen LogP) is 4.67. The summed E-state index contributed by atoms with van der Waals surface area (Å²) in [5.74, 6) is -0.201. The molecule has 1 aromatic rings. The van der Waals surface area contributed by atoms with Crippen molar-refractivity contribution in [3.05, 3.63) is 44.8 Å². The molecule has 1 aliphatic carbocycles. The zero-order valence-corrected chi connectivity index (χ0v) is 20.9. The molecule has 1 amide bonds. The van der Waals surface area contributed by atoms with E-state index in [2.05, 4.69) is 5.32 Å². The normalized spacial score (nSPS) is 30.2. The van der Waals surface area contributed by atoms with Crippen LogP contribution in [0.1, 0.15) is 31.9 Å². The van der Waals surface area contributed by atoms with Crippen LogP contribution in [0.2, 0.25) is 0 Å². The third-order valence-electron chi connectivity index (χ3n) is 6.96. The molecule has 10 heteroatoms. The maximum Gasteiger partial charge on any atom is 0.250 e. The van der Waals surface area contributed by atoms with Crippen molar-refractivity contribution in [2.45, 2.75) is 42.7 Å². The fourth-order valence-corrected chi connectivity index (χ4v) is 6.22. The fraction of sp³-hybridized carbons (Fsp3) is 0.619. The molecule has 4 rings (SSSR count). The second-order valence-corrected chi connectivity index (χ2v) is 12.8. The summed E-state index contributed by atoms with van der Waals surface area (Å²) in [5.41, 5.74) is 0.725. The van der Waals surface area contributed by atoms with E-state index >= 15 is 0 Å². The number of alkyl halides is 3. The Morgan fingerprint density at radius 1 is 1.23 bits per heavy atom. The number of pyridine rings is 1. The molecule has 0 spiro atoms. The number of fused-ring (bicyclic) bond motifs is 4. The zero-order chi connectivity index (χ0) is 22.7. The van der Waals surface area contributed by atoms with E-state index in [-0.39, 0.29) is 45.0 Å². The third kappa shape index (κ3) is 4.64. The number of hydrogen-bond donors (Lipinski definition) is 1. The summed E-state index contributed by atoms with van der Waals surface area (Å²) in [5, 5.41) is 2.98. The molecule has 1 saturated heterocycles. The van der Waals surface area contributed by atoms with Gasteiger partial charge >= 0.3 is 0 Å². The van der Waals surface area contributed by atoms with E-state index in [9.17, 15) is 9.59 Å². The number of carbonyl (C=O) groups excluding carboxylic acids is 1. The molecule has 3 aliphatic rings. The Morgan fingerprint density at radius 3 is 2.58 bits per heavy atom. The highest BCUT2D eigenvalue weighted by molar-refractivity contribution is 6.68. The molecular weight excluding hydrogens is 504 g/mol. The monoisotopic (exact) mass is 525 g/mol. The van der Waals surface area contributed by atoms with Crippen LogP contribution in [0.15, 0.2) is 33.6 Å². The van der Waals surface area contributed by atoms with E-state index in [1.165, 1.54) is 0 Å². The van der Waals surface area contributed by atoms with Gasteiger partial charge in [-0.15, -0.1) is 0 Å². The lowest BCUT2D eigenvalue weighted by Gasteiger charge is -2.47. The number of nitrogens with zero attached hydrogens (tertiary/aromatic N) is 2. The van der Waals surface area contributed by atoms with Gasteiger partial charge in [0.1, 0.15) is 10.7 Å². The quantitative estimate of drug-likeness (QED) is 0.579. The second-order valence-electron chi connectivity index (χ2n) is 9.39. The molecule has 2 aliphatic heterocycles. The van der Waals surface area contributed by atoms with Gasteiger partial charge < -0.3 is 9.88 Å². The lowest BCUT2D eigenvalue weighted by atomic mass is 9.83. The first-order chi connectivity index (χ1) is 14.4. The van der Waals surface area contributed by atoms with E-state index in [0.717, 1.165) is 12.1 Å². The van der Waals surface area contributed by atoms with Crippen LogP contribution >= 0.6 is 58.0 Å². The molecule has 2 bridgehead atoms. The van der Waals surface area contributed by atoms with E-state index in [1.807, 2.05) is 29.4 Å². The highest BCUT2D eigenvalue weighted by Crippen LogP contribution is 2.60. The maximum absolute atomic E-state index is 13.1. The third-order valence-corrected chi connectivity index (χ3v) is 7.83. The molecule has 1 N–H and O–H groups in total. The summed E-state index contributed by atoms with van der Waals surface area (Å²) in [6.45, 7) is 5.81. The van der Waals surface area contributed by atoms with Gasteiger partial charge in [0.25, 0.3) is 5.56 Å². The number of nitrogens with one attached hydrogen (secondary N) is 1. The van der Waals surface area contributed by atoms with Crippen LogP contribution in [0.4, 0.5) is 0 Å². The molecule has 2 fully saturated rings. The molecule has 0 radical (unpaired) electrons. The summed E-state index contributed by atoms with van der Waals surface area (Å²) < 4.78 is 0.272. The lowest BCUT2D eigenvalue weighted by Crippen LogP contribution is -2.60. The van der Waals surface area contributed by atoms with E-state index in [0.29, 0.717) is 19.6 Å². The molecule has 3 heterocycles. The van der Waals surface area contributed by atoms with Gasteiger partial charge in [-0.3, -0.25) is 14.5 Å². The van der Waals surface area contributed by atoms with Gasteiger partial charge in [0.2, 0.25) is 9.70 Å². The lowest BCUT2D eigenvalue weighted by molar-refractivity contribution is -0.125. The molecular formula is C21H24Cl5N3O2. The summed E-state index contributed by atoms with van der Waals surface area (Å²) in [6.07, 6.45) is 1.87. The molecule has 5 atom stereocenters. The number of halogens is 5. The van der Waals surface area contributed by atoms with Crippen LogP contribution in [0.3, 0.4) is 0 Å². The largest absolute Gasteiger partial charge is 0.336 e. The van der Waals surface area contributed by atoms with E-state index in [1.54, 1.807) is 18.2 Å². The van der Waals surface area contributed by atoms with Gasteiger partial charge in [0, 0.05) is 37.3 Å². The Balaban J connectivity index is 1.54. The summed E-state index contributed by atoms with van der Waals surface area (Å²) in [6, 6.07) is 5.35. The van der Waals surface area contributed by atoms with Crippen LogP contribution in [0, 0.1) is 23.2 Å². The minimum atomic E-state index is -1.72. The van der Waals surface area contributed by atoms with Crippen molar-refractivity contribution < 1.29 is 4.79 Å². The standard InChI is InChI=1S/C21H24Cl5N3O2/c1-20(2)13(7-15(22)23)17(20)18(31)27-19(21(24,25)26)28-8-11-6-12(10-28)14-4-3-5-16(30)29(14)9-11/h3-5,7,11-13,17,19H,6,8-10H2,1-2H3,(H,27,31)/t11-,12+,13+,17+,19-/m0/s1. The van der Waals surface area contributed by atoms with E-state index in [4.69, 9.17) is 58.0 Å². The minimum Gasteiger partial charge on any atom is -0.336 e. The van der Waals surface area contributed by atoms with Crippen molar-refractivity contribution in [3.8, 4) is 0 Å². The first-order valence-corrected chi connectivity index (χ1v) is 12.1. The molecule has 0 aromatic carbocycles. The molecule has 170 valence electrons. The number of carbonyl (C=O) groups is 1. The molecule has 1 aromatic heterocycles. The van der Waals surface area contributed by atoms with Gasteiger partial charge in [-0.05, 0) is 35.8 Å². The van der Waals surface area contributed by atoms with Crippen molar-refractivity contribution in [2.75, 3.05) is 13.1 Å². The average molecular weight is 528 g/mol. The highest BCUT2D eigenvalue weighted by atomic mass is 35.6. The van der Waals surface area contributed by atoms with Crippen molar-refractivity contribution in [3.63, 3.8) is 0 Å². The second kappa shape index (κ2) is 8.41. The van der Waals surface area contributed by atoms with E-state index < -0.39 is 9.96 Å². The van der Waals surface area contributed by atoms with Gasteiger partial charge in [0.05, 0.1) is 5.92 Å². The predicted molar refractivity (Wildman–Crippen MR) is 126 cm³/mol. The smallest absolute Gasteiger partial charge is 0.250 e. The minimum absolute atomic E-state index is 0.0138. The van der Waals surface area contributed by atoms with Crippen LogP contribution in [0.5, 0.6) is 0 Å². The number of rotatable bonds is 4. The number of aromatic nitrogens is 1. The van der Waals surface area contributed by atoms with Gasteiger partial charge in [-0.1, -0.05) is 77.9 Å². The van der Waals surface area contributed by atoms with Crippen LogP contribution in [0.25, 0.3) is 0 Å². The Labute approximate surface area is 206 Å². The Bertz CT molecular complexity index is 966. The van der Waals surface area contributed by atoms with Crippen molar-refractivity contribution in [2.24, 2.45) is 23.2 Å². The molecule has 5 nitrogen and oxygen atoms in total. The van der Waals surface area contributed by atoms with Crippen molar-refractivity contribution in [1.29, 1.82) is 0 Å². The van der Waals surface area contributed by atoms with Crippen molar-refractivity contribution in [1.82, 2.24) is 14.8 Å². The zero-order valence-electron chi connectivity index (χ0n) is 17.1. The summed E-state index contributed by atoms with van der Waals surface area (Å²) in [7, 11) is 0. The molecule has 1 saturated carbocycles. The van der Waals surface area contributed by atoms with Crippen LogP contribution in [-0.2, 0) is 11.3 Å². The topological polar surface area (TPSA) is 54.3 Å². The fourth-order valence-electron chi connectivity index (χ4n) is 5.37. The Kier molecular flexibility index (Phi) is 6.44. The number of amides is 1. The Hall–Kier alpha value is -0.430. The van der Waals surface area contributed by atoms with Gasteiger partial charge in [-0.2, -0.15) is 0 Å².